The van der Waals surface area contributed by atoms with E-state index in [9.17, 15) is 9.59 Å². The van der Waals surface area contributed by atoms with Crippen LogP contribution in [-0.2, 0) is 16.6 Å². The highest BCUT2D eigenvalue weighted by Crippen LogP contribution is 2.08. The fraction of sp³-hybridized carbons (Fsp3) is 0.500. The van der Waals surface area contributed by atoms with Crippen LogP contribution in [0.1, 0.15) is 17.4 Å². The van der Waals surface area contributed by atoms with E-state index in [1.54, 1.807) is 37.9 Å². The second kappa shape index (κ2) is 6.79. The summed E-state index contributed by atoms with van der Waals surface area (Å²) in [7, 11) is 3.27. The van der Waals surface area contributed by atoms with Gasteiger partial charge in [0.15, 0.2) is 0 Å². The standard InChI is InChI=1S/C12H20N4O3/c1-8(11(17)14-4-5-19-3)15-12(18)10-6-9(13)7-16(10)2/h6-8H,4-5,13H2,1-3H3,(H,14,17)(H,15,18). The minimum Gasteiger partial charge on any atom is -0.397 e. The highest BCUT2D eigenvalue weighted by Gasteiger charge is 2.18. The van der Waals surface area contributed by atoms with E-state index in [0.29, 0.717) is 24.5 Å². The maximum Gasteiger partial charge on any atom is 0.268 e. The molecule has 7 heteroatoms. The van der Waals surface area contributed by atoms with Crippen LogP contribution in [0.5, 0.6) is 0 Å². The van der Waals surface area contributed by atoms with Gasteiger partial charge in [0, 0.05) is 26.9 Å². The van der Waals surface area contributed by atoms with Crippen LogP contribution >= 0.6 is 0 Å². The Balaban J connectivity index is 2.52. The van der Waals surface area contributed by atoms with Crippen LogP contribution in [0.3, 0.4) is 0 Å². The normalized spacial score (nSPS) is 11.9. The Bertz CT molecular complexity index is 456. The Morgan fingerprint density at radius 3 is 2.74 bits per heavy atom. The Morgan fingerprint density at radius 2 is 2.21 bits per heavy atom. The predicted molar refractivity (Wildman–Crippen MR) is 71.6 cm³/mol. The molecule has 0 radical (unpaired) electrons. The molecule has 7 nitrogen and oxygen atoms in total. The summed E-state index contributed by atoms with van der Waals surface area (Å²) in [6.07, 6.45) is 1.64. The first-order valence-electron chi connectivity index (χ1n) is 5.95. The average Bonchev–Trinajstić information content (AvgIpc) is 2.68. The van der Waals surface area contributed by atoms with Crippen molar-refractivity contribution in [1.82, 2.24) is 15.2 Å². The van der Waals surface area contributed by atoms with Gasteiger partial charge in [0.1, 0.15) is 11.7 Å². The van der Waals surface area contributed by atoms with Crippen LogP contribution in [-0.4, -0.2) is 42.7 Å². The third-order valence-corrected chi connectivity index (χ3v) is 2.61. The monoisotopic (exact) mass is 268 g/mol. The van der Waals surface area contributed by atoms with Gasteiger partial charge in [-0.25, -0.2) is 0 Å². The number of amides is 2. The van der Waals surface area contributed by atoms with E-state index in [4.69, 9.17) is 10.5 Å². The molecule has 1 heterocycles. The van der Waals surface area contributed by atoms with Crippen molar-refractivity contribution in [3.8, 4) is 0 Å². The highest BCUT2D eigenvalue weighted by atomic mass is 16.5. The molecule has 1 aromatic rings. The minimum atomic E-state index is -0.625. The van der Waals surface area contributed by atoms with Gasteiger partial charge in [0.05, 0.1) is 12.3 Å². The number of anilines is 1. The third-order valence-electron chi connectivity index (χ3n) is 2.61. The number of nitrogen functional groups attached to an aromatic ring is 1. The lowest BCUT2D eigenvalue weighted by molar-refractivity contribution is -0.122. The SMILES string of the molecule is COCCNC(=O)C(C)NC(=O)c1cc(N)cn1C. The zero-order valence-electron chi connectivity index (χ0n) is 11.4. The average molecular weight is 268 g/mol. The summed E-state index contributed by atoms with van der Waals surface area (Å²) in [5, 5.41) is 5.26. The lowest BCUT2D eigenvalue weighted by atomic mass is 10.3. The second-order valence-electron chi connectivity index (χ2n) is 4.25. The first kappa shape index (κ1) is 15.0. The molecule has 0 bridgehead atoms. The molecule has 0 aliphatic heterocycles. The number of nitrogens with one attached hydrogen (secondary N) is 2. The number of aryl methyl sites for hydroxylation is 1. The van der Waals surface area contributed by atoms with Crippen LogP contribution in [0.25, 0.3) is 0 Å². The molecule has 1 unspecified atom stereocenters. The highest BCUT2D eigenvalue weighted by molar-refractivity contribution is 5.97. The van der Waals surface area contributed by atoms with Gasteiger partial charge in [0.25, 0.3) is 5.91 Å². The molecule has 0 spiro atoms. The zero-order chi connectivity index (χ0) is 14.4. The quantitative estimate of drug-likeness (QED) is 0.605. The van der Waals surface area contributed by atoms with Crippen LogP contribution in [0, 0.1) is 0 Å². The van der Waals surface area contributed by atoms with E-state index in [1.807, 2.05) is 0 Å². The number of hydrogen-bond acceptors (Lipinski definition) is 4. The molecule has 1 rings (SSSR count). The summed E-state index contributed by atoms with van der Waals surface area (Å²) in [6.45, 7) is 2.46. The third kappa shape index (κ3) is 4.29. The van der Waals surface area contributed by atoms with E-state index < -0.39 is 6.04 Å². The number of nitrogens with zero attached hydrogens (tertiary/aromatic N) is 1. The number of rotatable bonds is 6. The van der Waals surface area contributed by atoms with Crippen molar-refractivity contribution in [3.63, 3.8) is 0 Å². The van der Waals surface area contributed by atoms with E-state index in [0.717, 1.165) is 0 Å². The summed E-state index contributed by atoms with van der Waals surface area (Å²) < 4.78 is 6.43. The Labute approximate surface area is 112 Å². The number of carbonyl (C=O) groups excluding carboxylic acids is 2. The van der Waals surface area contributed by atoms with Crippen molar-refractivity contribution in [1.29, 1.82) is 0 Å². The summed E-state index contributed by atoms with van der Waals surface area (Å²) in [5.41, 5.74) is 6.51. The van der Waals surface area contributed by atoms with Crippen LogP contribution < -0.4 is 16.4 Å². The van der Waals surface area contributed by atoms with Crippen molar-refractivity contribution in [2.75, 3.05) is 26.0 Å². The molecule has 0 fully saturated rings. The topological polar surface area (TPSA) is 98.4 Å². The fourth-order valence-electron chi connectivity index (χ4n) is 1.58. The van der Waals surface area contributed by atoms with Gasteiger partial charge in [-0.1, -0.05) is 0 Å². The molecule has 0 aliphatic carbocycles. The second-order valence-corrected chi connectivity index (χ2v) is 4.25. The molecule has 4 N–H and O–H groups in total. The summed E-state index contributed by atoms with van der Waals surface area (Å²) >= 11 is 0. The molecule has 19 heavy (non-hydrogen) atoms. The number of aromatic nitrogens is 1. The number of nitrogens with two attached hydrogens (primary N) is 1. The van der Waals surface area contributed by atoms with Gasteiger partial charge in [0.2, 0.25) is 5.91 Å². The van der Waals surface area contributed by atoms with Crippen molar-refractivity contribution in [3.05, 3.63) is 18.0 Å². The number of hydrogen-bond donors (Lipinski definition) is 3. The fourth-order valence-corrected chi connectivity index (χ4v) is 1.58. The molecule has 1 aromatic heterocycles. The molecule has 1 atom stereocenters. The molecule has 0 saturated carbocycles. The van der Waals surface area contributed by atoms with Crippen molar-refractivity contribution in [2.24, 2.45) is 7.05 Å². The maximum atomic E-state index is 11.9. The van der Waals surface area contributed by atoms with Gasteiger partial charge in [-0.05, 0) is 13.0 Å². The van der Waals surface area contributed by atoms with Crippen molar-refractivity contribution >= 4 is 17.5 Å². The summed E-state index contributed by atoms with van der Waals surface area (Å²) in [5.74, 6) is -0.596. The molecule has 0 saturated heterocycles. The molecular formula is C12H20N4O3. The van der Waals surface area contributed by atoms with Gasteiger partial charge in [-0.2, -0.15) is 0 Å². The Morgan fingerprint density at radius 1 is 1.53 bits per heavy atom. The first-order valence-corrected chi connectivity index (χ1v) is 5.95. The van der Waals surface area contributed by atoms with E-state index >= 15 is 0 Å². The number of methoxy groups -OCH3 is 1. The zero-order valence-corrected chi connectivity index (χ0v) is 11.4. The molecule has 2 amide bonds. The lowest BCUT2D eigenvalue weighted by Crippen LogP contribution is -2.45. The predicted octanol–water partition coefficient (Wildman–Crippen LogP) is -0.512. The number of ether oxygens (including phenoxy) is 1. The maximum absolute atomic E-state index is 11.9. The minimum absolute atomic E-state index is 0.257. The first-order chi connectivity index (χ1) is 8.95. The van der Waals surface area contributed by atoms with Gasteiger partial charge >= 0.3 is 0 Å². The Hall–Kier alpha value is -2.02. The largest absolute Gasteiger partial charge is 0.397 e. The van der Waals surface area contributed by atoms with E-state index in [-0.39, 0.29) is 11.8 Å². The molecule has 0 aromatic carbocycles. The van der Waals surface area contributed by atoms with Crippen LogP contribution in [0.2, 0.25) is 0 Å². The van der Waals surface area contributed by atoms with Gasteiger partial charge < -0.3 is 25.7 Å². The lowest BCUT2D eigenvalue weighted by Gasteiger charge is -2.14. The van der Waals surface area contributed by atoms with E-state index in [1.165, 1.54) is 0 Å². The van der Waals surface area contributed by atoms with Crippen molar-refractivity contribution < 1.29 is 14.3 Å². The Kier molecular flexibility index (Phi) is 5.37. The summed E-state index contributed by atoms with van der Waals surface area (Å²) in [4.78, 5) is 23.6. The van der Waals surface area contributed by atoms with Crippen LogP contribution in [0.4, 0.5) is 5.69 Å². The molecular weight excluding hydrogens is 248 g/mol. The van der Waals surface area contributed by atoms with E-state index in [2.05, 4.69) is 10.6 Å². The van der Waals surface area contributed by atoms with Gasteiger partial charge in [-0.15, -0.1) is 0 Å². The van der Waals surface area contributed by atoms with Crippen LogP contribution in [0.15, 0.2) is 12.3 Å². The number of carbonyl (C=O) groups is 2. The summed E-state index contributed by atoms with van der Waals surface area (Å²) in [6, 6.07) is 0.936. The molecule has 106 valence electrons. The molecule has 0 aliphatic rings. The van der Waals surface area contributed by atoms with Gasteiger partial charge in [-0.3, -0.25) is 9.59 Å². The smallest absolute Gasteiger partial charge is 0.268 e. The van der Waals surface area contributed by atoms with Crippen molar-refractivity contribution in [2.45, 2.75) is 13.0 Å².